The normalized spacial score (nSPS) is 19.0. The number of urea groups is 1. The van der Waals surface area contributed by atoms with Crippen molar-refractivity contribution in [3.8, 4) is 16.9 Å². The zero-order valence-corrected chi connectivity index (χ0v) is 29.6. The van der Waals surface area contributed by atoms with Crippen molar-refractivity contribution in [2.24, 2.45) is 5.92 Å². The Morgan fingerprint density at radius 3 is 2.22 bits per heavy atom. The van der Waals surface area contributed by atoms with Crippen molar-refractivity contribution >= 4 is 23.3 Å². The number of benzene rings is 3. The van der Waals surface area contributed by atoms with Crippen LogP contribution < -0.4 is 10.6 Å². The number of carbonyl (C=O) groups is 2. The predicted molar refractivity (Wildman–Crippen MR) is 197 cm³/mol. The van der Waals surface area contributed by atoms with E-state index in [1.807, 2.05) is 86.6 Å². The Balaban J connectivity index is 0.953. The first-order valence-corrected chi connectivity index (χ1v) is 17.7. The van der Waals surface area contributed by atoms with E-state index < -0.39 is 0 Å². The lowest BCUT2D eigenvalue weighted by molar-refractivity contribution is 0.0744. The van der Waals surface area contributed by atoms with Crippen molar-refractivity contribution in [2.75, 3.05) is 17.2 Å². The number of nitrogens with one attached hydrogen (secondary N) is 2. The Hall–Kier alpha value is -5.02. The third-order valence-electron chi connectivity index (χ3n) is 10.2. The van der Waals surface area contributed by atoms with Crippen molar-refractivity contribution < 1.29 is 14.1 Å². The molecule has 5 aromatic rings. The Morgan fingerprint density at radius 2 is 1.56 bits per heavy atom. The topological polar surface area (TPSA) is 105 Å². The summed E-state index contributed by atoms with van der Waals surface area (Å²) in [5.41, 5.74) is 6.90. The zero-order valence-electron chi connectivity index (χ0n) is 29.6. The molecule has 2 aromatic heterocycles. The fourth-order valence-electron chi connectivity index (χ4n) is 7.61. The van der Waals surface area contributed by atoms with Gasteiger partial charge in [0.2, 0.25) is 0 Å². The van der Waals surface area contributed by atoms with Crippen LogP contribution in [0.5, 0.6) is 0 Å². The lowest BCUT2D eigenvalue weighted by Crippen LogP contribution is -2.45. The van der Waals surface area contributed by atoms with Gasteiger partial charge in [-0.2, -0.15) is 5.10 Å². The monoisotopic (exact) mass is 670 g/mol. The first kappa shape index (κ1) is 33.5. The van der Waals surface area contributed by atoms with E-state index in [9.17, 15) is 9.59 Å². The fraction of sp³-hybridized carbons (Fsp3) is 0.366. The van der Waals surface area contributed by atoms with E-state index in [-0.39, 0.29) is 17.2 Å². The number of nitrogens with zero attached hydrogens (tertiary/aromatic N) is 4. The van der Waals surface area contributed by atoms with E-state index in [4.69, 9.17) is 9.62 Å². The van der Waals surface area contributed by atoms with Crippen LogP contribution in [0.25, 0.3) is 16.9 Å². The Bertz CT molecular complexity index is 1960. The summed E-state index contributed by atoms with van der Waals surface area (Å²) >= 11 is 0. The standard InChI is InChI=1S/C41H46N6O3/c1-26-11-17-32(18-12-26)47-37(24-36(44-47)41(3,4)5)43-40(49)42-31-15-13-28(14-16-31)21-29-22-33-19-20-34(23-29)46(33)25-35(48)38-27(2)50-45-39(38)30-9-7-6-8-10-30/h6-18,24,29,33-34H,19-23,25H2,1-5H3,(H2,42,43,49). The second-order valence-electron chi connectivity index (χ2n) is 15.0. The van der Waals surface area contributed by atoms with Crippen molar-refractivity contribution in [1.82, 2.24) is 19.8 Å². The molecule has 9 heteroatoms. The number of hydrogen-bond acceptors (Lipinski definition) is 6. The SMILES string of the molecule is Cc1ccc(-n2nc(C(C)(C)C)cc2NC(=O)Nc2ccc(CC3CC4CCC(C3)N4CC(=O)c3c(-c4ccccc4)noc3C)cc2)cc1. The fourth-order valence-corrected chi connectivity index (χ4v) is 7.61. The maximum absolute atomic E-state index is 13.6. The summed E-state index contributed by atoms with van der Waals surface area (Å²) in [6.45, 7) is 10.6. The van der Waals surface area contributed by atoms with Gasteiger partial charge in [-0.25, -0.2) is 9.48 Å². The van der Waals surface area contributed by atoms with Crippen LogP contribution in [0.3, 0.4) is 0 Å². The molecule has 9 nitrogen and oxygen atoms in total. The molecule has 2 fully saturated rings. The average Bonchev–Trinajstić information content (AvgIpc) is 3.75. The maximum Gasteiger partial charge on any atom is 0.324 e. The molecule has 0 aliphatic carbocycles. The van der Waals surface area contributed by atoms with Gasteiger partial charge in [0.1, 0.15) is 17.3 Å². The summed E-state index contributed by atoms with van der Waals surface area (Å²) < 4.78 is 7.27. The van der Waals surface area contributed by atoms with E-state index in [2.05, 4.69) is 53.6 Å². The molecule has 2 atom stereocenters. The van der Waals surface area contributed by atoms with Gasteiger partial charge in [0.05, 0.1) is 23.5 Å². The number of aryl methyl sites for hydroxylation is 2. The van der Waals surface area contributed by atoms with E-state index >= 15 is 0 Å². The van der Waals surface area contributed by atoms with Gasteiger partial charge in [-0.3, -0.25) is 15.0 Å². The number of amides is 2. The number of anilines is 2. The highest BCUT2D eigenvalue weighted by atomic mass is 16.5. The summed E-state index contributed by atoms with van der Waals surface area (Å²) in [6, 6.07) is 28.5. The molecule has 50 heavy (non-hydrogen) atoms. The molecule has 3 aromatic carbocycles. The first-order valence-electron chi connectivity index (χ1n) is 17.7. The van der Waals surface area contributed by atoms with Gasteiger partial charge >= 0.3 is 6.03 Å². The van der Waals surface area contributed by atoms with Gasteiger partial charge in [0.25, 0.3) is 0 Å². The Kier molecular flexibility index (Phi) is 9.18. The Morgan fingerprint density at radius 1 is 0.880 bits per heavy atom. The van der Waals surface area contributed by atoms with Crippen LogP contribution in [0, 0.1) is 19.8 Å². The summed E-state index contributed by atoms with van der Waals surface area (Å²) in [4.78, 5) is 29.2. The van der Waals surface area contributed by atoms with E-state index in [1.54, 1.807) is 4.68 Å². The number of carbonyl (C=O) groups excluding carboxylic acids is 2. The molecule has 2 N–H and O–H groups in total. The number of rotatable bonds is 9. The number of Topliss-reactive ketones (excluding diaryl/α,β-unsaturated/α-hetero) is 1. The third kappa shape index (κ3) is 7.14. The lowest BCUT2D eigenvalue weighted by Gasteiger charge is -2.38. The second-order valence-corrected chi connectivity index (χ2v) is 15.0. The molecule has 2 aliphatic rings. The molecule has 2 saturated heterocycles. The van der Waals surface area contributed by atoms with Crippen molar-refractivity contribution in [2.45, 2.75) is 84.2 Å². The third-order valence-corrected chi connectivity index (χ3v) is 10.2. The molecular formula is C41H46N6O3. The number of ketones is 1. The van der Waals surface area contributed by atoms with Crippen LogP contribution in [0.4, 0.5) is 16.3 Å². The molecule has 2 unspecified atom stereocenters. The quantitative estimate of drug-likeness (QED) is 0.152. The summed E-state index contributed by atoms with van der Waals surface area (Å²) in [5, 5.41) is 15.1. The van der Waals surface area contributed by atoms with Crippen molar-refractivity contribution in [3.05, 3.63) is 113 Å². The predicted octanol–water partition coefficient (Wildman–Crippen LogP) is 8.75. The molecule has 2 bridgehead atoms. The number of aromatic nitrogens is 3. The zero-order chi connectivity index (χ0) is 35.0. The van der Waals surface area contributed by atoms with E-state index in [0.29, 0.717) is 47.4 Å². The van der Waals surface area contributed by atoms with Crippen molar-refractivity contribution in [1.29, 1.82) is 0 Å². The molecule has 2 aliphatic heterocycles. The minimum absolute atomic E-state index is 0.0827. The van der Waals surface area contributed by atoms with Crippen LogP contribution in [-0.4, -0.2) is 50.3 Å². The van der Waals surface area contributed by atoms with Crippen LogP contribution in [0.2, 0.25) is 0 Å². The molecule has 7 rings (SSSR count). The average molecular weight is 671 g/mol. The molecule has 4 heterocycles. The van der Waals surface area contributed by atoms with Gasteiger partial charge in [-0.05, 0) is 81.7 Å². The number of fused-ring (bicyclic) bond motifs is 2. The van der Waals surface area contributed by atoms with Gasteiger partial charge in [0.15, 0.2) is 5.78 Å². The van der Waals surface area contributed by atoms with Gasteiger partial charge in [-0.1, -0.05) is 86.1 Å². The van der Waals surface area contributed by atoms with Crippen molar-refractivity contribution in [3.63, 3.8) is 0 Å². The maximum atomic E-state index is 13.6. The van der Waals surface area contributed by atoms with Gasteiger partial charge < -0.3 is 9.84 Å². The van der Waals surface area contributed by atoms with Gasteiger partial charge in [0, 0.05) is 34.8 Å². The number of hydrogen-bond donors (Lipinski definition) is 2. The van der Waals surface area contributed by atoms with Crippen LogP contribution in [0.1, 0.15) is 79.4 Å². The highest BCUT2D eigenvalue weighted by Gasteiger charge is 2.42. The molecule has 0 radical (unpaired) electrons. The summed E-state index contributed by atoms with van der Waals surface area (Å²) in [6.07, 6.45) is 5.38. The summed E-state index contributed by atoms with van der Waals surface area (Å²) in [7, 11) is 0. The first-order chi connectivity index (χ1) is 24.0. The molecular weight excluding hydrogens is 624 g/mol. The largest absolute Gasteiger partial charge is 0.360 e. The number of piperidine rings is 1. The molecule has 2 amide bonds. The van der Waals surface area contributed by atoms with Crippen LogP contribution >= 0.6 is 0 Å². The molecule has 258 valence electrons. The van der Waals surface area contributed by atoms with E-state index in [1.165, 1.54) is 5.56 Å². The second kappa shape index (κ2) is 13.7. The highest BCUT2D eigenvalue weighted by Crippen LogP contribution is 2.40. The lowest BCUT2D eigenvalue weighted by atomic mass is 9.85. The summed E-state index contributed by atoms with van der Waals surface area (Å²) in [5.74, 6) is 1.83. The van der Waals surface area contributed by atoms with Crippen LogP contribution in [0.15, 0.2) is 89.5 Å². The van der Waals surface area contributed by atoms with Gasteiger partial charge in [-0.15, -0.1) is 0 Å². The molecule has 0 saturated carbocycles. The van der Waals surface area contributed by atoms with Crippen LogP contribution in [-0.2, 0) is 11.8 Å². The smallest absolute Gasteiger partial charge is 0.324 e. The van der Waals surface area contributed by atoms with E-state index in [0.717, 1.165) is 60.3 Å². The highest BCUT2D eigenvalue weighted by molar-refractivity contribution is 6.03. The molecule has 0 spiro atoms. The minimum Gasteiger partial charge on any atom is -0.360 e. The Labute approximate surface area is 294 Å². The minimum atomic E-state index is -0.317.